The van der Waals surface area contributed by atoms with Crippen molar-refractivity contribution in [3.05, 3.63) is 46.1 Å². The molecule has 176 valence electrons. The third-order valence-electron chi connectivity index (χ3n) is 7.13. The maximum Gasteiger partial charge on any atom is 0.322 e. The number of halogens is 1. The van der Waals surface area contributed by atoms with E-state index in [0.717, 1.165) is 34.6 Å². The first-order valence-corrected chi connectivity index (χ1v) is 11.9. The highest BCUT2D eigenvalue weighted by molar-refractivity contribution is 6.31. The molecule has 1 aliphatic carbocycles. The number of carbonyl (C=O) groups excluding carboxylic acids is 1. The number of nitrogens with zero attached hydrogens (tertiary/aromatic N) is 1. The smallest absolute Gasteiger partial charge is 0.322 e. The first-order chi connectivity index (χ1) is 14.7. The quantitative estimate of drug-likeness (QED) is 0.519. The molecule has 1 aromatic rings. The Morgan fingerprint density at radius 2 is 1.91 bits per heavy atom. The zero-order valence-electron chi connectivity index (χ0n) is 20.4. The van der Waals surface area contributed by atoms with Crippen LogP contribution in [0.5, 0.6) is 0 Å². The van der Waals surface area contributed by atoms with E-state index in [9.17, 15) is 14.7 Å². The molecule has 5 nitrogen and oxygen atoms in total. The number of aryl methyl sites for hydroxylation is 1. The maximum absolute atomic E-state index is 13.1. The normalized spacial score (nSPS) is 28.3. The lowest BCUT2D eigenvalue weighted by atomic mass is 9.66. The average molecular weight is 461 g/mol. The molecule has 2 N–H and O–H groups in total. The molecule has 0 radical (unpaired) electrons. The van der Waals surface area contributed by atoms with Crippen LogP contribution in [-0.2, 0) is 16.8 Å². The predicted octanol–water partition coefficient (Wildman–Crippen LogP) is 6.35. The third kappa shape index (κ3) is 4.68. The van der Waals surface area contributed by atoms with Gasteiger partial charge in [0.25, 0.3) is 0 Å². The molecule has 1 saturated carbocycles. The highest BCUT2D eigenvalue weighted by Crippen LogP contribution is 2.46. The van der Waals surface area contributed by atoms with Crippen LogP contribution < -0.4 is 5.32 Å². The Labute approximate surface area is 197 Å². The molecular formula is C26H37ClN2O3. The molecule has 0 saturated heterocycles. The fourth-order valence-electron chi connectivity index (χ4n) is 4.85. The molecular weight excluding hydrogens is 424 g/mol. The van der Waals surface area contributed by atoms with E-state index in [2.05, 4.69) is 52.1 Å². The van der Waals surface area contributed by atoms with E-state index in [1.54, 1.807) is 11.8 Å². The number of rotatable bonds is 6. The molecule has 3 rings (SSSR count). The summed E-state index contributed by atoms with van der Waals surface area (Å²) < 4.78 is 0. The van der Waals surface area contributed by atoms with Crippen molar-refractivity contribution in [2.75, 3.05) is 0 Å². The summed E-state index contributed by atoms with van der Waals surface area (Å²) in [5.41, 5.74) is 1.97. The van der Waals surface area contributed by atoms with Gasteiger partial charge in [0.05, 0.1) is 11.0 Å². The first kappa shape index (κ1) is 24.6. The lowest BCUT2D eigenvalue weighted by Crippen LogP contribution is -2.61. The van der Waals surface area contributed by atoms with Crippen LogP contribution >= 0.6 is 11.6 Å². The second kappa shape index (κ2) is 8.40. The van der Waals surface area contributed by atoms with Gasteiger partial charge in [-0.15, -0.1) is 0 Å². The molecule has 1 heterocycles. The number of hydrogen-bond donors (Lipinski definition) is 2. The molecule has 2 aliphatic rings. The monoisotopic (exact) mass is 460 g/mol. The van der Waals surface area contributed by atoms with Crippen molar-refractivity contribution in [1.29, 1.82) is 0 Å². The minimum absolute atomic E-state index is 0.0993. The lowest BCUT2D eigenvalue weighted by molar-refractivity contribution is -0.156. The van der Waals surface area contributed by atoms with Crippen molar-refractivity contribution in [1.82, 2.24) is 10.2 Å². The number of nitrogens with one attached hydrogen (secondary N) is 1. The van der Waals surface area contributed by atoms with Crippen LogP contribution in [0.4, 0.5) is 4.79 Å². The van der Waals surface area contributed by atoms with Crippen molar-refractivity contribution in [3.8, 4) is 0 Å². The van der Waals surface area contributed by atoms with Crippen LogP contribution in [0.15, 0.2) is 30.0 Å². The molecule has 6 heteroatoms. The second-order valence-electron chi connectivity index (χ2n) is 11.5. The van der Waals surface area contributed by atoms with Gasteiger partial charge < -0.3 is 10.4 Å². The van der Waals surface area contributed by atoms with E-state index >= 15 is 0 Å². The summed E-state index contributed by atoms with van der Waals surface area (Å²) in [7, 11) is 0. The van der Waals surface area contributed by atoms with Crippen LogP contribution in [0.25, 0.3) is 0 Å². The molecule has 2 amide bonds. The van der Waals surface area contributed by atoms with Crippen LogP contribution in [-0.4, -0.2) is 28.0 Å². The van der Waals surface area contributed by atoms with E-state index in [0.29, 0.717) is 12.8 Å². The number of carbonyl (C=O) groups is 2. The summed E-state index contributed by atoms with van der Waals surface area (Å²) >= 11 is 6.68. The molecule has 0 spiro atoms. The van der Waals surface area contributed by atoms with Gasteiger partial charge in [-0.1, -0.05) is 58.4 Å². The molecule has 1 aliphatic heterocycles. The lowest BCUT2D eigenvalue weighted by Gasteiger charge is -2.50. The van der Waals surface area contributed by atoms with Crippen molar-refractivity contribution in [3.63, 3.8) is 0 Å². The van der Waals surface area contributed by atoms with Crippen molar-refractivity contribution < 1.29 is 14.7 Å². The summed E-state index contributed by atoms with van der Waals surface area (Å²) in [6, 6.07) is 5.84. The molecule has 1 fully saturated rings. The van der Waals surface area contributed by atoms with Gasteiger partial charge in [-0.2, -0.15) is 0 Å². The molecule has 0 aromatic heterocycles. The van der Waals surface area contributed by atoms with E-state index in [4.69, 9.17) is 11.6 Å². The number of hydrogen-bond acceptors (Lipinski definition) is 2. The zero-order chi connectivity index (χ0) is 24.1. The highest BCUT2D eigenvalue weighted by Gasteiger charge is 2.51. The Bertz CT molecular complexity index is 941. The predicted molar refractivity (Wildman–Crippen MR) is 129 cm³/mol. The summed E-state index contributed by atoms with van der Waals surface area (Å²) in [4.78, 5) is 26.3. The Hall–Kier alpha value is -2.01. The highest BCUT2D eigenvalue weighted by atomic mass is 35.5. The Kier molecular flexibility index (Phi) is 6.47. The van der Waals surface area contributed by atoms with Crippen molar-refractivity contribution >= 4 is 23.6 Å². The van der Waals surface area contributed by atoms with Crippen molar-refractivity contribution in [2.24, 2.45) is 16.7 Å². The second-order valence-corrected chi connectivity index (χ2v) is 11.9. The topological polar surface area (TPSA) is 69.6 Å². The van der Waals surface area contributed by atoms with E-state index in [1.807, 2.05) is 19.2 Å². The van der Waals surface area contributed by atoms with Gasteiger partial charge in [0.15, 0.2) is 0 Å². The summed E-state index contributed by atoms with van der Waals surface area (Å²) in [6.45, 7) is 14.7. The minimum atomic E-state index is -0.801. The minimum Gasteiger partial charge on any atom is -0.481 e. The summed E-state index contributed by atoms with van der Waals surface area (Å²) in [5, 5.41) is 13.4. The fourth-order valence-corrected chi connectivity index (χ4v) is 5.12. The van der Waals surface area contributed by atoms with E-state index < -0.39 is 16.9 Å². The zero-order valence-corrected chi connectivity index (χ0v) is 21.1. The molecule has 1 aromatic carbocycles. The van der Waals surface area contributed by atoms with Gasteiger partial charge in [-0.05, 0) is 73.6 Å². The average Bonchev–Trinajstić information content (AvgIpc) is 2.63. The summed E-state index contributed by atoms with van der Waals surface area (Å²) in [5.74, 6) is -0.612. The van der Waals surface area contributed by atoms with Gasteiger partial charge in [-0.3, -0.25) is 9.69 Å². The Morgan fingerprint density at radius 1 is 1.28 bits per heavy atom. The van der Waals surface area contributed by atoms with Crippen LogP contribution in [0.2, 0.25) is 5.02 Å². The van der Waals surface area contributed by atoms with Crippen LogP contribution in [0, 0.1) is 16.7 Å². The Morgan fingerprint density at radius 3 is 2.41 bits per heavy atom. The molecule has 32 heavy (non-hydrogen) atoms. The fraction of sp³-hybridized carbons (Fsp3) is 0.615. The van der Waals surface area contributed by atoms with Crippen molar-refractivity contribution in [2.45, 2.75) is 85.7 Å². The number of carboxylic acids is 1. The van der Waals surface area contributed by atoms with Gasteiger partial charge in [0.1, 0.15) is 0 Å². The van der Waals surface area contributed by atoms with E-state index in [-0.39, 0.29) is 23.4 Å². The Balaban J connectivity index is 1.89. The number of benzene rings is 1. The number of amides is 2. The number of carboxylic acid groups (broad SMARTS) is 1. The molecule has 0 bridgehead atoms. The number of aliphatic carboxylic acids is 1. The van der Waals surface area contributed by atoms with E-state index in [1.165, 1.54) is 0 Å². The third-order valence-corrected chi connectivity index (χ3v) is 7.48. The molecule has 0 unspecified atom stereocenters. The van der Waals surface area contributed by atoms with Crippen LogP contribution in [0.3, 0.4) is 0 Å². The largest absolute Gasteiger partial charge is 0.481 e. The maximum atomic E-state index is 13.1. The van der Waals surface area contributed by atoms with Gasteiger partial charge in [-0.25, -0.2) is 4.79 Å². The standard InChI is InChI=1S/C26H37ClN2O3/c1-16(2)20-15-29(19-13-25(6,14-19)22(30)31)23(32)28-26(20,7)18-9-8-17(21(27)12-18)10-11-24(3,4)5/h8-9,12,15-16,19H,10-11,13-14H2,1-7H3,(H,28,32)(H,30,31)/t19-,25-,26-/m1/s1. The first-order valence-electron chi connectivity index (χ1n) is 11.5. The van der Waals surface area contributed by atoms with Gasteiger partial charge >= 0.3 is 12.0 Å². The van der Waals surface area contributed by atoms with Gasteiger partial charge in [0, 0.05) is 17.3 Å². The summed E-state index contributed by atoms with van der Waals surface area (Å²) in [6.07, 6.45) is 4.82. The molecule has 1 atom stereocenters. The SMILES string of the molecule is CC(C)C1=CN([C@H]2C[C@](C)(C(=O)O)C2)C(=O)N[C@]1(C)c1ccc(CCC(C)(C)C)c(Cl)c1. The van der Waals surface area contributed by atoms with Crippen LogP contribution in [0.1, 0.15) is 78.9 Å². The van der Waals surface area contributed by atoms with Gasteiger partial charge in [0.2, 0.25) is 0 Å². The number of urea groups is 1.